The van der Waals surface area contributed by atoms with E-state index >= 15 is 0 Å². The average molecular weight is 421 g/mol. The molecule has 1 atom stereocenters. The lowest BCUT2D eigenvalue weighted by Gasteiger charge is -2.19. The van der Waals surface area contributed by atoms with Crippen LogP contribution in [0.2, 0.25) is 0 Å². The van der Waals surface area contributed by atoms with Gasteiger partial charge in [-0.05, 0) is 43.0 Å². The van der Waals surface area contributed by atoms with Gasteiger partial charge in [0, 0.05) is 12.1 Å². The maximum absolute atomic E-state index is 12.6. The number of H-pyrrole nitrogens is 1. The van der Waals surface area contributed by atoms with Crippen LogP contribution in [0.25, 0.3) is 10.9 Å². The molecule has 0 saturated carbocycles. The number of aromatic amines is 1. The number of hydrogen-bond acceptors (Lipinski definition) is 5. The zero-order valence-electron chi connectivity index (χ0n) is 18.2. The van der Waals surface area contributed by atoms with Crippen molar-refractivity contribution in [2.45, 2.75) is 52.6 Å². The Labute approximate surface area is 180 Å². The first kappa shape index (κ1) is 22.2. The summed E-state index contributed by atoms with van der Waals surface area (Å²) in [6.45, 7) is 7.57. The predicted molar refractivity (Wildman–Crippen MR) is 120 cm³/mol. The fourth-order valence-corrected chi connectivity index (χ4v) is 3.35. The molecule has 3 aromatic rings. The molecule has 0 aliphatic carbocycles. The number of nitrogens with one attached hydrogen (secondary N) is 2. The van der Waals surface area contributed by atoms with Gasteiger partial charge in [0.25, 0.3) is 11.5 Å². The van der Waals surface area contributed by atoms with Crippen LogP contribution >= 0.6 is 0 Å². The molecule has 31 heavy (non-hydrogen) atoms. The Bertz CT molecular complexity index is 1170. The predicted octanol–water partition coefficient (Wildman–Crippen LogP) is 3.86. The normalized spacial score (nSPS) is 12.0. The van der Waals surface area contributed by atoms with Crippen LogP contribution in [0.5, 0.6) is 0 Å². The van der Waals surface area contributed by atoms with Crippen LogP contribution in [0.3, 0.4) is 0 Å². The Kier molecular flexibility index (Phi) is 6.84. The molecule has 0 aliphatic heterocycles. The quantitative estimate of drug-likeness (QED) is 0.564. The number of benzene rings is 2. The summed E-state index contributed by atoms with van der Waals surface area (Å²) in [5, 5.41) is 3.39. The van der Waals surface area contributed by atoms with E-state index in [1.165, 1.54) is 6.92 Å². The number of fused-ring (bicyclic) bond motifs is 1. The summed E-state index contributed by atoms with van der Waals surface area (Å²) in [4.78, 5) is 44.0. The average Bonchev–Trinajstić information content (AvgIpc) is 2.73. The Morgan fingerprint density at radius 2 is 1.84 bits per heavy atom. The van der Waals surface area contributed by atoms with Crippen LogP contribution in [-0.2, 0) is 20.7 Å². The van der Waals surface area contributed by atoms with Gasteiger partial charge in [-0.2, -0.15) is 0 Å². The van der Waals surface area contributed by atoms with Gasteiger partial charge in [-0.3, -0.25) is 14.4 Å². The van der Waals surface area contributed by atoms with Crippen LogP contribution in [0.15, 0.2) is 47.3 Å². The number of carbonyl (C=O) groups excluding carboxylic acids is 2. The zero-order chi connectivity index (χ0) is 22.5. The van der Waals surface area contributed by atoms with E-state index in [1.54, 1.807) is 24.3 Å². The summed E-state index contributed by atoms with van der Waals surface area (Å²) in [7, 11) is 0. The van der Waals surface area contributed by atoms with E-state index in [-0.39, 0.29) is 30.2 Å². The molecule has 162 valence electrons. The highest BCUT2D eigenvalue weighted by Crippen LogP contribution is 2.27. The number of rotatable bonds is 7. The minimum atomic E-state index is -0.948. The fourth-order valence-electron chi connectivity index (χ4n) is 3.35. The van der Waals surface area contributed by atoms with Crippen LogP contribution in [0.1, 0.15) is 50.1 Å². The molecule has 0 saturated heterocycles. The van der Waals surface area contributed by atoms with Crippen molar-refractivity contribution in [3.8, 4) is 0 Å². The van der Waals surface area contributed by atoms with Gasteiger partial charge in [-0.25, -0.2) is 4.98 Å². The molecule has 0 radical (unpaired) electrons. The van der Waals surface area contributed by atoms with Crippen LogP contribution < -0.4 is 10.9 Å². The summed E-state index contributed by atoms with van der Waals surface area (Å²) in [5.74, 6) is -0.280. The second kappa shape index (κ2) is 9.55. The van der Waals surface area contributed by atoms with E-state index in [4.69, 9.17) is 4.74 Å². The second-order valence-electron chi connectivity index (χ2n) is 7.84. The Morgan fingerprint density at radius 3 is 2.58 bits per heavy atom. The largest absolute Gasteiger partial charge is 0.453 e. The minimum absolute atomic E-state index is 0.000505. The van der Waals surface area contributed by atoms with E-state index < -0.39 is 12.1 Å². The second-order valence-corrected chi connectivity index (χ2v) is 7.84. The van der Waals surface area contributed by atoms with Gasteiger partial charge >= 0.3 is 5.97 Å². The van der Waals surface area contributed by atoms with Crippen LogP contribution in [0, 0.1) is 6.92 Å². The van der Waals surface area contributed by atoms with Gasteiger partial charge in [0.05, 0.1) is 17.3 Å². The number of ether oxygens (including phenoxy) is 1. The zero-order valence-corrected chi connectivity index (χ0v) is 18.2. The van der Waals surface area contributed by atoms with E-state index in [0.717, 1.165) is 16.8 Å². The Hall–Kier alpha value is -3.48. The maximum atomic E-state index is 12.6. The number of hydrogen-bond donors (Lipinski definition) is 2. The molecule has 2 N–H and O–H groups in total. The van der Waals surface area contributed by atoms with Crippen molar-refractivity contribution in [1.29, 1.82) is 0 Å². The summed E-state index contributed by atoms with van der Waals surface area (Å²) < 4.78 is 5.29. The van der Waals surface area contributed by atoms with Gasteiger partial charge in [-0.15, -0.1) is 0 Å². The Morgan fingerprint density at radius 1 is 1.10 bits per heavy atom. The molecule has 0 fully saturated rings. The van der Waals surface area contributed by atoms with Gasteiger partial charge < -0.3 is 15.0 Å². The lowest BCUT2D eigenvalue weighted by atomic mass is 9.98. The fraction of sp³-hybridized carbons (Fsp3) is 0.333. The SMILES string of the molecule is Cc1cccc(C(C)C)c1NC(=O)[C@H](C)OC(=O)CCc1nc2ccccc2c(=O)[nH]1. The first-order chi connectivity index (χ1) is 14.8. The Balaban J connectivity index is 1.60. The van der Waals surface area contributed by atoms with E-state index in [9.17, 15) is 14.4 Å². The number of anilines is 1. The summed E-state index contributed by atoms with van der Waals surface area (Å²) >= 11 is 0. The molecule has 0 spiro atoms. The van der Waals surface area contributed by atoms with Gasteiger partial charge in [0.2, 0.25) is 0 Å². The minimum Gasteiger partial charge on any atom is -0.453 e. The van der Waals surface area contributed by atoms with Crippen molar-refractivity contribution in [2.24, 2.45) is 0 Å². The summed E-state index contributed by atoms with van der Waals surface area (Å²) in [6, 6.07) is 12.9. The molecule has 0 aliphatic rings. The lowest BCUT2D eigenvalue weighted by molar-refractivity contribution is -0.153. The number of nitrogens with zero attached hydrogens (tertiary/aromatic N) is 1. The smallest absolute Gasteiger partial charge is 0.307 e. The highest BCUT2D eigenvalue weighted by atomic mass is 16.5. The molecule has 7 heteroatoms. The first-order valence-corrected chi connectivity index (χ1v) is 10.3. The van der Waals surface area contributed by atoms with Gasteiger partial charge in [0.1, 0.15) is 5.82 Å². The number of amides is 1. The number of aryl methyl sites for hydroxylation is 2. The molecule has 3 rings (SSSR count). The topological polar surface area (TPSA) is 101 Å². The molecule has 1 heterocycles. The molecule has 0 unspecified atom stereocenters. The van der Waals surface area contributed by atoms with Crippen molar-refractivity contribution >= 4 is 28.5 Å². The molecule has 2 aromatic carbocycles. The van der Waals surface area contributed by atoms with E-state index in [2.05, 4.69) is 29.1 Å². The van der Waals surface area contributed by atoms with Crippen LogP contribution in [0.4, 0.5) is 5.69 Å². The number of esters is 1. The van der Waals surface area contributed by atoms with E-state index in [0.29, 0.717) is 16.7 Å². The van der Waals surface area contributed by atoms with Crippen molar-refractivity contribution in [3.63, 3.8) is 0 Å². The maximum Gasteiger partial charge on any atom is 0.307 e. The molecule has 1 amide bonds. The van der Waals surface area contributed by atoms with Gasteiger partial charge in [-0.1, -0.05) is 44.2 Å². The van der Waals surface area contributed by atoms with Gasteiger partial charge in [0.15, 0.2) is 6.10 Å². The highest BCUT2D eigenvalue weighted by Gasteiger charge is 2.20. The van der Waals surface area contributed by atoms with Crippen molar-refractivity contribution in [3.05, 3.63) is 69.8 Å². The third-order valence-corrected chi connectivity index (χ3v) is 5.08. The molecular weight excluding hydrogens is 394 g/mol. The van der Waals surface area contributed by atoms with Crippen molar-refractivity contribution < 1.29 is 14.3 Å². The standard InChI is InChI=1S/C24H27N3O4/c1-14(2)17-10-7-8-15(3)22(17)27-23(29)16(4)31-21(28)13-12-20-25-19-11-6-5-9-18(19)24(30)26-20/h5-11,14,16H,12-13H2,1-4H3,(H,27,29)(H,25,26,30)/t16-/m0/s1. The summed E-state index contributed by atoms with van der Waals surface area (Å²) in [6.07, 6.45) is -0.737. The lowest BCUT2D eigenvalue weighted by Crippen LogP contribution is -2.30. The third-order valence-electron chi connectivity index (χ3n) is 5.08. The molecular formula is C24H27N3O4. The van der Waals surface area contributed by atoms with Crippen LogP contribution in [-0.4, -0.2) is 27.9 Å². The number of aromatic nitrogens is 2. The number of para-hydroxylation sites is 2. The third kappa shape index (κ3) is 5.36. The van der Waals surface area contributed by atoms with E-state index in [1.807, 2.05) is 25.1 Å². The summed E-state index contributed by atoms with van der Waals surface area (Å²) in [5.41, 5.74) is 3.05. The van der Waals surface area contributed by atoms with Crippen molar-refractivity contribution in [1.82, 2.24) is 9.97 Å². The molecule has 7 nitrogen and oxygen atoms in total. The highest BCUT2D eigenvalue weighted by molar-refractivity contribution is 5.96. The number of carbonyl (C=O) groups is 2. The van der Waals surface area contributed by atoms with Crippen molar-refractivity contribution in [2.75, 3.05) is 5.32 Å². The molecule has 0 bridgehead atoms. The first-order valence-electron chi connectivity index (χ1n) is 10.3. The monoisotopic (exact) mass is 421 g/mol. The molecule has 1 aromatic heterocycles.